The van der Waals surface area contributed by atoms with Crippen LogP contribution in [0.1, 0.15) is 49.1 Å². The van der Waals surface area contributed by atoms with E-state index >= 15 is 0 Å². The second-order valence-corrected chi connectivity index (χ2v) is 8.67. The predicted octanol–water partition coefficient (Wildman–Crippen LogP) is 4.82. The smallest absolute Gasteiger partial charge is 0.133 e. The van der Waals surface area contributed by atoms with Crippen LogP contribution in [0.5, 0.6) is 5.75 Å². The van der Waals surface area contributed by atoms with E-state index < -0.39 is 0 Å². The molecule has 4 rings (SSSR count). The average Bonchev–Trinajstić information content (AvgIpc) is 2.88. The predicted molar refractivity (Wildman–Crippen MR) is 142 cm³/mol. The van der Waals surface area contributed by atoms with E-state index in [9.17, 15) is 0 Å². The Bertz CT molecular complexity index is 842. The number of rotatable bonds is 9. The standard InChI is InChI=1S/C26H37N3O2.CH4S/c1-3-31-25-9-5-4-7-23(25)19-29-16-6-8-21-17-22(10-11-24(21)29)26(30-2)28-18-20-12-14-27-15-13-20;1-2/h4-5,7,9-11,17,20,26-28H,3,6,8,12-16,18-19H2,1-2H3;2H,1H3. The minimum atomic E-state index is -0.0470. The summed E-state index contributed by atoms with van der Waals surface area (Å²) in [5, 5.41) is 7.10. The zero-order valence-corrected chi connectivity index (χ0v) is 21.4. The number of benzene rings is 2. The number of ether oxygens (including phenoxy) is 2. The summed E-state index contributed by atoms with van der Waals surface area (Å²) in [7, 11) is 1.80. The quantitative estimate of drug-likeness (QED) is 0.362. The summed E-state index contributed by atoms with van der Waals surface area (Å²) < 4.78 is 11.7. The summed E-state index contributed by atoms with van der Waals surface area (Å²) >= 11 is 3.53. The Kier molecular flexibility index (Phi) is 10.9. The molecule has 5 nitrogen and oxygen atoms in total. The third kappa shape index (κ3) is 7.12. The zero-order valence-electron chi connectivity index (χ0n) is 20.5. The number of piperidine rings is 1. The van der Waals surface area contributed by atoms with E-state index in [1.165, 1.54) is 41.6 Å². The third-order valence-corrected chi connectivity index (χ3v) is 6.54. The summed E-state index contributed by atoms with van der Waals surface area (Å²) in [5.74, 6) is 1.73. The van der Waals surface area contributed by atoms with Crippen LogP contribution in [0.3, 0.4) is 0 Å². The second kappa shape index (κ2) is 13.9. The number of fused-ring (bicyclic) bond motifs is 1. The van der Waals surface area contributed by atoms with Gasteiger partial charge in [0.1, 0.15) is 12.0 Å². The molecule has 33 heavy (non-hydrogen) atoms. The maximum atomic E-state index is 5.85. The number of hydrogen-bond donors (Lipinski definition) is 3. The van der Waals surface area contributed by atoms with Gasteiger partial charge >= 0.3 is 0 Å². The average molecular weight is 472 g/mol. The number of nitrogens with one attached hydrogen (secondary N) is 2. The summed E-state index contributed by atoms with van der Waals surface area (Å²) in [6.45, 7) is 7.96. The second-order valence-electron chi connectivity index (χ2n) is 8.67. The Labute approximate surface area is 205 Å². The van der Waals surface area contributed by atoms with Crippen LogP contribution >= 0.6 is 12.6 Å². The van der Waals surface area contributed by atoms with Gasteiger partial charge in [0.25, 0.3) is 0 Å². The maximum absolute atomic E-state index is 5.85. The maximum Gasteiger partial charge on any atom is 0.133 e. The highest BCUT2D eigenvalue weighted by atomic mass is 32.1. The van der Waals surface area contributed by atoms with Crippen LogP contribution in [0.15, 0.2) is 42.5 Å². The van der Waals surface area contributed by atoms with E-state index in [-0.39, 0.29) is 6.23 Å². The van der Waals surface area contributed by atoms with Crippen LogP contribution in [-0.2, 0) is 17.7 Å². The number of thiol groups is 1. The van der Waals surface area contributed by atoms with Crippen molar-refractivity contribution in [2.45, 2.75) is 45.4 Å². The molecule has 2 aromatic carbocycles. The highest BCUT2D eigenvalue weighted by Gasteiger charge is 2.21. The van der Waals surface area contributed by atoms with Crippen LogP contribution in [-0.4, -0.2) is 46.2 Å². The minimum absolute atomic E-state index is 0.0470. The molecule has 0 bridgehead atoms. The monoisotopic (exact) mass is 471 g/mol. The van der Waals surface area contributed by atoms with Gasteiger partial charge in [-0.3, -0.25) is 5.32 Å². The lowest BCUT2D eigenvalue weighted by Crippen LogP contribution is -2.35. The molecule has 2 aliphatic heterocycles. The normalized spacial score (nSPS) is 17.0. The molecule has 2 heterocycles. The van der Waals surface area contributed by atoms with Crippen molar-refractivity contribution in [2.24, 2.45) is 5.92 Å². The van der Waals surface area contributed by atoms with Crippen LogP contribution in [0.2, 0.25) is 0 Å². The van der Waals surface area contributed by atoms with Crippen molar-refractivity contribution in [1.82, 2.24) is 10.6 Å². The van der Waals surface area contributed by atoms with E-state index in [1.54, 1.807) is 13.4 Å². The summed E-state index contributed by atoms with van der Waals surface area (Å²) in [6.07, 6.45) is 6.43. The number of nitrogens with zero attached hydrogens (tertiary/aromatic N) is 1. The van der Waals surface area contributed by atoms with Crippen LogP contribution in [0.25, 0.3) is 0 Å². The van der Waals surface area contributed by atoms with Crippen molar-refractivity contribution < 1.29 is 9.47 Å². The Morgan fingerprint density at radius 3 is 2.70 bits per heavy atom. The van der Waals surface area contributed by atoms with Gasteiger partial charge in [0.15, 0.2) is 0 Å². The first-order chi connectivity index (χ1) is 16.3. The van der Waals surface area contributed by atoms with E-state index in [0.717, 1.165) is 50.8 Å². The molecule has 0 aliphatic carbocycles. The fourth-order valence-corrected chi connectivity index (χ4v) is 4.86. The topological polar surface area (TPSA) is 45.8 Å². The molecule has 1 atom stereocenters. The lowest BCUT2D eigenvalue weighted by atomic mass is 9.96. The molecule has 2 aromatic rings. The van der Waals surface area contributed by atoms with Crippen LogP contribution < -0.4 is 20.3 Å². The largest absolute Gasteiger partial charge is 0.494 e. The highest BCUT2D eigenvalue weighted by Crippen LogP contribution is 2.32. The van der Waals surface area contributed by atoms with Gasteiger partial charge in [-0.25, -0.2) is 0 Å². The molecule has 0 amide bonds. The fraction of sp³-hybridized carbons (Fsp3) is 0.556. The molecular formula is C27H41N3O2S. The first-order valence-electron chi connectivity index (χ1n) is 12.3. The van der Waals surface area contributed by atoms with Gasteiger partial charge in [0.2, 0.25) is 0 Å². The molecule has 2 N–H and O–H groups in total. The first-order valence-corrected chi connectivity index (χ1v) is 13.2. The molecule has 6 heteroatoms. The van der Waals surface area contributed by atoms with Crippen molar-refractivity contribution in [3.05, 3.63) is 59.2 Å². The lowest BCUT2D eigenvalue weighted by molar-refractivity contribution is 0.0681. The van der Waals surface area contributed by atoms with Gasteiger partial charge in [-0.05, 0) is 87.2 Å². The highest BCUT2D eigenvalue weighted by molar-refractivity contribution is 7.79. The summed E-state index contributed by atoms with van der Waals surface area (Å²) in [5.41, 5.74) is 5.24. The molecule has 1 fully saturated rings. The number of aryl methyl sites for hydroxylation is 1. The van der Waals surface area contributed by atoms with Gasteiger partial charge in [-0.2, -0.15) is 12.6 Å². The molecule has 0 aromatic heterocycles. The number of anilines is 1. The van der Waals surface area contributed by atoms with Gasteiger partial charge < -0.3 is 19.7 Å². The molecule has 0 spiro atoms. The first kappa shape index (κ1) is 25.9. The minimum Gasteiger partial charge on any atom is -0.494 e. The van der Waals surface area contributed by atoms with Crippen LogP contribution in [0, 0.1) is 5.92 Å². The lowest BCUT2D eigenvalue weighted by Gasteiger charge is -2.33. The van der Waals surface area contributed by atoms with Crippen LogP contribution in [0.4, 0.5) is 5.69 Å². The van der Waals surface area contributed by atoms with E-state index in [1.807, 2.05) is 13.0 Å². The Morgan fingerprint density at radius 2 is 1.94 bits per heavy atom. The van der Waals surface area contributed by atoms with E-state index in [4.69, 9.17) is 9.47 Å². The molecule has 0 radical (unpaired) electrons. The Balaban J connectivity index is 0.00000149. The molecular weight excluding hydrogens is 430 g/mol. The van der Waals surface area contributed by atoms with Crippen molar-refractivity contribution in [3.63, 3.8) is 0 Å². The summed E-state index contributed by atoms with van der Waals surface area (Å²) in [6, 6.07) is 15.3. The number of para-hydroxylation sites is 1. The molecule has 0 saturated carbocycles. The van der Waals surface area contributed by atoms with Gasteiger partial charge in [-0.1, -0.05) is 24.3 Å². The number of methoxy groups -OCH3 is 1. The zero-order chi connectivity index (χ0) is 23.5. The van der Waals surface area contributed by atoms with Gasteiger partial charge in [-0.15, -0.1) is 0 Å². The van der Waals surface area contributed by atoms with Crippen molar-refractivity contribution >= 4 is 18.3 Å². The molecule has 182 valence electrons. The molecule has 2 aliphatic rings. The van der Waals surface area contributed by atoms with Crippen molar-refractivity contribution in [3.8, 4) is 5.75 Å². The Hall–Kier alpha value is -1.73. The van der Waals surface area contributed by atoms with Crippen molar-refractivity contribution in [2.75, 3.05) is 51.1 Å². The van der Waals surface area contributed by atoms with E-state index in [2.05, 4.69) is 64.6 Å². The van der Waals surface area contributed by atoms with Gasteiger partial charge in [0.05, 0.1) is 6.61 Å². The van der Waals surface area contributed by atoms with Gasteiger partial charge in [0, 0.05) is 38.0 Å². The molecule has 1 unspecified atom stereocenters. The Morgan fingerprint density at radius 1 is 1.15 bits per heavy atom. The molecule has 1 saturated heterocycles. The third-order valence-electron chi connectivity index (χ3n) is 6.54. The van der Waals surface area contributed by atoms with E-state index in [0.29, 0.717) is 6.61 Å². The van der Waals surface area contributed by atoms with Crippen molar-refractivity contribution in [1.29, 1.82) is 0 Å². The summed E-state index contributed by atoms with van der Waals surface area (Å²) in [4.78, 5) is 2.49. The number of hydrogen-bond acceptors (Lipinski definition) is 6. The SMILES string of the molecule is CCOc1ccccc1CN1CCCc2cc(C(NCC3CCNCC3)OC)ccc21.CS. The fourth-order valence-electron chi connectivity index (χ4n) is 4.86.